The second-order valence-corrected chi connectivity index (χ2v) is 5.27. The Balaban J connectivity index is 2.24. The van der Waals surface area contributed by atoms with E-state index in [4.69, 9.17) is 0 Å². The summed E-state index contributed by atoms with van der Waals surface area (Å²) in [5.74, 6) is 0.0348. The highest BCUT2D eigenvalue weighted by atomic mass is 127. The first-order valence-electron chi connectivity index (χ1n) is 5.32. The number of β-amino-alcohol motifs (C(OH)–C–C–N with tert-alkyl or cyclic N) is 1. The molecule has 3 nitrogen and oxygen atoms in total. The molecule has 1 heterocycles. The summed E-state index contributed by atoms with van der Waals surface area (Å²) in [6, 6.07) is 5.74. The minimum absolute atomic E-state index is 0.0348. The van der Waals surface area contributed by atoms with Crippen molar-refractivity contribution in [1.82, 2.24) is 4.90 Å². The van der Waals surface area contributed by atoms with Crippen LogP contribution >= 0.6 is 22.6 Å². The Morgan fingerprint density at radius 3 is 2.94 bits per heavy atom. The van der Waals surface area contributed by atoms with Gasteiger partial charge < -0.3 is 10.0 Å². The summed E-state index contributed by atoms with van der Waals surface area (Å²) in [5, 5.41) is 9.42. The molecule has 4 heteroatoms. The average molecular weight is 331 g/mol. The van der Waals surface area contributed by atoms with Crippen LogP contribution in [0, 0.1) is 10.5 Å². The van der Waals surface area contributed by atoms with Gasteiger partial charge in [0.1, 0.15) is 0 Å². The van der Waals surface area contributed by atoms with Crippen LogP contribution in [0.5, 0.6) is 0 Å². The summed E-state index contributed by atoms with van der Waals surface area (Å²) in [5.41, 5.74) is 1.77. The summed E-state index contributed by atoms with van der Waals surface area (Å²) >= 11 is 2.23. The number of rotatable bonds is 1. The van der Waals surface area contributed by atoms with Crippen molar-refractivity contribution in [1.29, 1.82) is 0 Å². The normalized spacial score (nSPS) is 20.2. The SMILES string of the molecule is Cc1c(I)cccc1C(=O)N1CC[C@H](O)C1. The molecule has 0 unspecified atom stereocenters. The molecule has 1 aliphatic heterocycles. The lowest BCUT2D eigenvalue weighted by atomic mass is 10.1. The number of benzene rings is 1. The fraction of sp³-hybridized carbons (Fsp3) is 0.417. The maximum atomic E-state index is 12.2. The summed E-state index contributed by atoms with van der Waals surface area (Å²) < 4.78 is 1.10. The fourth-order valence-corrected chi connectivity index (χ4v) is 2.43. The number of hydrogen-bond acceptors (Lipinski definition) is 2. The van der Waals surface area contributed by atoms with Crippen molar-refractivity contribution in [2.45, 2.75) is 19.4 Å². The van der Waals surface area contributed by atoms with Gasteiger partial charge in [-0.25, -0.2) is 0 Å². The number of nitrogens with zero attached hydrogens (tertiary/aromatic N) is 1. The highest BCUT2D eigenvalue weighted by molar-refractivity contribution is 14.1. The van der Waals surface area contributed by atoms with Gasteiger partial charge in [0.25, 0.3) is 5.91 Å². The van der Waals surface area contributed by atoms with E-state index in [9.17, 15) is 9.90 Å². The van der Waals surface area contributed by atoms with Crippen molar-refractivity contribution >= 4 is 28.5 Å². The van der Waals surface area contributed by atoms with E-state index < -0.39 is 0 Å². The van der Waals surface area contributed by atoms with Gasteiger partial charge in [0, 0.05) is 22.2 Å². The molecule has 2 rings (SSSR count). The van der Waals surface area contributed by atoms with Crippen LogP contribution < -0.4 is 0 Å². The van der Waals surface area contributed by atoms with Gasteiger partial charge in [-0.2, -0.15) is 0 Å². The van der Waals surface area contributed by atoms with Crippen molar-refractivity contribution in [3.05, 3.63) is 32.9 Å². The topological polar surface area (TPSA) is 40.5 Å². The summed E-state index contributed by atoms with van der Waals surface area (Å²) in [4.78, 5) is 13.9. The van der Waals surface area contributed by atoms with Gasteiger partial charge in [-0.15, -0.1) is 0 Å². The van der Waals surface area contributed by atoms with Crippen molar-refractivity contribution in [3.63, 3.8) is 0 Å². The number of carbonyl (C=O) groups is 1. The first-order chi connectivity index (χ1) is 7.59. The zero-order valence-corrected chi connectivity index (χ0v) is 11.3. The number of aliphatic hydroxyl groups excluding tert-OH is 1. The Hall–Kier alpha value is -0.620. The van der Waals surface area contributed by atoms with Crippen LogP contribution in [0.4, 0.5) is 0 Å². The summed E-state index contributed by atoms with van der Waals surface area (Å²) in [6.07, 6.45) is 0.335. The molecule has 0 bridgehead atoms. The molecule has 1 aromatic rings. The minimum Gasteiger partial charge on any atom is -0.391 e. The van der Waals surface area contributed by atoms with Crippen molar-refractivity contribution in [2.75, 3.05) is 13.1 Å². The molecule has 0 aliphatic carbocycles. The maximum Gasteiger partial charge on any atom is 0.254 e. The molecule has 1 atom stereocenters. The molecular weight excluding hydrogens is 317 g/mol. The van der Waals surface area contributed by atoms with E-state index in [-0.39, 0.29) is 12.0 Å². The predicted octanol–water partition coefficient (Wildman–Crippen LogP) is 1.81. The van der Waals surface area contributed by atoms with Crippen molar-refractivity contribution < 1.29 is 9.90 Å². The van der Waals surface area contributed by atoms with E-state index in [0.717, 1.165) is 14.7 Å². The Labute approximate surface area is 109 Å². The van der Waals surface area contributed by atoms with Gasteiger partial charge in [0.2, 0.25) is 0 Å². The van der Waals surface area contributed by atoms with Crippen LogP contribution in [0.3, 0.4) is 0 Å². The first-order valence-corrected chi connectivity index (χ1v) is 6.40. The molecule has 0 spiro atoms. The number of halogens is 1. The Kier molecular flexibility index (Phi) is 3.49. The second-order valence-electron chi connectivity index (χ2n) is 4.11. The fourth-order valence-electron chi connectivity index (χ4n) is 1.94. The van der Waals surface area contributed by atoms with E-state index in [1.807, 2.05) is 25.1 Å². The van der Waals surface area contributed by atoms with E-state index in [1.54, 1.807) is 4.90 Å². The van der Waals surface area contributed by atoms with Crippen LogP contribution in [0.25, 0.3) is 0 Å². The third kappa shape index (κ3) is 2.22. The summed E-state index contributed by atoms with van der Waals surface area (Å²) in [6.45, 7) is 3.08. The Morgan fingerprint density at radius 1 is 1.56 bits per heavy atom. The first kappa shape index (κ1) is 11.9. The van der Waals surface area contributed by atoms with Gasteiger partial charge in [-0.1, -0.05) is 6.07 Å². The Morgan fingerprint density at radius 2 is 2.31 bits per heavy atom. The maximum absolute atomic E-state index is 12.2. The lowest BCUT2D eigenvalue weighted by Crippen LogP contribution is -2.30. The van der Waals surface area contributed by atoms with E-state index in [2.05, 4.69) is 22.6 Å². The van der Waals surface area contributed by atoms with Gasteiger partial charge >= 0.3 is 0 Å². The number of carbonyl (C=O) groups excluding carboxylic acids is 1. The van der Waals surface area contributed by atoms with Crippen LogP contribution in [0.15, 0.2) is 18.2 Å². The summed E-state index contributed by atoms with van der Waals surface area (Å²) in [7, 11) is 0. The standard InChI is InChI=1S/C12H14INO2/c1-8-10(3-2-4-11(8)13)12(16)14-6-5-9(15)7-14/h2-4,9,15H,5-7H2,1H3/t9-/m0/s1. The minimum atomic E-state index is -0.355. The van der Waals surface area contributed by atoms with Gasteiger partial charge in [0.15, 0.2) is 0 Å². The van der Waals surface area contributed by atoms with Gasteiger partial charge in [0.05, 0.1) is 6.10 Å². The van der Waals surface area contributed by atoms with Crippen LogP contribution in [0.2, 0.25) is 0 Å². The zero-order valence-electron chi connectivity index (χ0n) is 9.11. The van der Waals surface area contributed by atoms with E-state index in [1.165, 1.54) is 0 Å². The molecule has 0 aromatic heterocycles. The van der Waals surface area contributed by atoms with Crippen LogP contribution in [-0.2, 0) is 0 Å². The number of amides is 1. The highest BCUT2D eigenvalue weighted by Crippen LogP contribution is 2.19. The van der Waals surface area contributed by atoms with Crippen LogP contribution in [-0.4, -0.2) is 35.1 Å². The van der Waals surface area contributed by atoms with E-state index >= 15 is 0 Å². The lowest BCUT2D eigenvalue weighted by Gasteiger charge is -2.17. The van der Waals surface area contributed by atoms with Gasteiger partial charge in [-0.3, -0.25) is 4.79 Å². The number of likely N-dealkylation sites (tertiary alicyclic amines) is 1. The quantitative estimate of drug-likeness (QED) is 0.798. The average Bonchev–Trinajstić information content (AvgIpc) is 2.68. The zero-order chi connectivity index (χ0) is 11.7. The number of aliphatic hydroxyl groups is 1. The van der Waals surface area contributed by atoms with Gasteiger partial charge in [-0.05, 0) is 53.6 Å². The molecule has 1 amide bonds. The van der Waals surface area contributed by atoms with Crippen LogP contribution in [0.1, 0.15) is 22.3 Å². The third-order valence-electron chi connectivity index (χ3n) is 2.95. The third-order valence-corrected chi connectivity index (χ3v) is 4.12. The molecule has 1 aliphatic rings. The molecule has 0 radical (unpaired) electrons. The molecule has 0 saturated carbocycles. The molecule has 16 heavy (non-hydrogen) atoms. The largest absolute Gasteiger partial charge is 0.391 e. The second kappa shape index (κ2) is 4.71. The number of hydrogen-bond donors (Lipinski definition) is 1. The molecule has 1 fully saturated rings. The molecule has 1 N–H and O–H groups in total. The lowest BCUT2D eigenvalue weighted by molar-refractivity contribution is 0.0764. The molecular formula is C12H14INO2. The van der Waals surface area contributed by atoms with Crippen molar-refractivity contribution in [3.8, 4) is 0 Å². The smallest absolute Gasteiger partial charge is 0.254 e. The van der Waals surface area contributed by atoms with E-state index in [0.29, 0.717) is 19.5 Å². The molecule has 1 saturated heterocycles. The molecule has 1 aromatic carbocycles. The monoisotopic (exact) mass is 331 g/mol. The van der Waals surface area contributed by atoms with Crippen molar-refractivity contribution in [2.24, 2.45) is 0 Å². The highest BCUT2D eigenvalue weighted by Gasteiger charge is 2.26. The molecule has 86 valence electrons. The Bertz CT molecular complexity index is 419. The predicted molar refractivity (Wildman–Crippen MR) is 70.4 cm³/mol.